The van der Waals surface area contributed by atoms with Crippen molar-refractivity contribution in [2.24, 2.45) is 5.73 Å². The fourth-order valence-electron chi connectivity index (χ4n) is 1.15. The molecule has 1 aromatic carbocycles. The Kier molecular flexibility index (Phi) is 3.57. The van der Waals surface area contributed by atoms with Gasteiger partial charge in [-0.1, -0.05) is 11.6 Å². The Hall–Kier alpha value is -1.95. The van der Waals surface area contributed by atoms with Crippen molar-refractivity contribution in [3.05, 3.63) is 22.7 Å². The van der Waals surface area contributed by atoms with Crippen LogP contribution in [0.15, 0.2) is 12.1 Å². The summed E-state index contributed by atoms with van der Waals surface area (Å²) in [5.74, 6) is -1.81. The molecule has 0 atom stereocenters. The molecule has 0 unspecified atom stereocenters. The van der Waals surface area contributed by atoms with Crippen LogP contribution < -0.4 is 16.8 Å². The van der Waals surface area contributed by atoms with E-state index in [-0.39, 0.29) is 28.5 Å². The van der Waals surface area contributed by atoms with Crippen molar-refractivity contribution in [3.63, 3.8) is 0 Å². The van der Waals surface area contributed by atoms with Gasteiger partial charge >= 0.3 is 5.97 Å². The molecule has 0 aliphatic rings. The molecule has 86 valence electrons. The first-order chi connectivity index (χ1) is 7.41. The lowest BCUT2D eigenvalue weighted by Crippen LogP contribution is -2.23. The quantitative estimate of drug-likeness (QED) is 0.575. The second-order valence-electron chi connectivity index (χ2n) is 3.05. The Balaban J connectivity index is 3.14. The number of anilines is 2. The Labute approximate surface area is 96.2 Å². The maximum atomic E-state index is 10.9. The van der Waals surface area contributed by atoms with Crippen molar-refractivity contribution in [1.82, 2.24) is 0 Å². The SMILES string of the molecule is NC(=O)CNc1c(Cl)cc(N)cc1C(=O)O. The zero-order valence-electron chi connectivity index (χ0n) is 8.16. The third-order valence-electron chi connectivity index (χ3n) is 1.78. The number of nitrogens with two attached hydrogens (primary N) is 2. The molecule has 0 aliphatic carbocycles. The van der Waals surface area contributed by atoms with Crippen LogP contribution in [0.4, 0.5) is 11.4 Å². The minimum Gasteiger partial charge on any atom is -0.478 e. The first-order valence-corrected chi connectivity index (χ1v) is 4.64. The molecule has 1 amide bonds. The lowest BCUT2D eigenvalue weighted by Gasteiger charge is -2.10. The molecule has 0 saturated carbocycles. The third kappa shape index (κ3) is 2.77. The molecule has 1 rings (SSSR count). The summed E-state index contributed by atoms with van der Waals surface area (Å²) in [5, 5.41) is 11.6. The van der Waals surface area contributed by atoms with Gasteiger partial charge in [0.25, 0.3) is 0 Å². The first-order valence-electron chi connectivity index (χ1n) is 4.26. The zero-order valence-corrected chi connectivity index (χ0v) is 8.91. The molecule has 0 aromatic heterocycles. The molecule has 0 spiro atoms. The fraction of sp³-hybridized carbons (Fsp3) is 0.111. The smallest absolute Gasteiger partial charge is 0.337 e. The highest BCUT2D eigenvalue weighted by atomic mass is 35.5. The van der Waals surface area contributed by atoms with E-state index in [0.29, 0.717) is 0 Å². The molecular formula is C9H10ClN3O3. The number of rotatable bonds is 4. The number of amides is 1. The minimum atomic E-state index is -1.19. The lowest BCUT2D eigenvalue weighted by molar-refractivity contribution is -0.116. The maximum absolute atomic E-state index is 10.9. The predicted molar refractivity (Wildman–Crippen MR) is 60.5 cm³/mol. The molecule has 0 bridgehead atoms. The van der Waals surface area contributed by atoms with Gasteiger partial charge in [-0.15, -0.1) is 0 Å². The lowest BCUT2D eigenvalue weighted by atomic mass is 10.1. The number of carbonyl (C=O) groups is 2. The van der Waals surface area contributed by atoms with Gasteiger partial charge in [0, 0.05) is 5.69 Å². The van der Waals surface area contributed by atoms with Gasteiger partial charge < -0.3 is 21.9 Å². The van der Waals surface area contributed by atoms with Crippen LogP contribution in [-0.4, -0.2) is 23.5 Å². The van der Waals surface area contributed by atoms with Crippen molar-refractivity contribution in [1.29, 1.82) is 0 Å². The van der Waals surface area contributed by atoms with E-state index in [1.807, 2.05) is 0 Å². The number of hydrogen-bond donors (Lipinski definition) is 4. The molecule has 7 heteroatoms. The van der Waals surface area contributed by atoms with Crippen molar-refractivity contribution in [2.75, 3.05) is 17.6 Å². The number of nitrogens with one attached hydrogen (secondary N) is 1. The molecule has 16 heavy (non-hydrogen) atoms. The summed E-state index contributed by atoms with van der Waals surface area (Å²) in [5.41, 5.74) is 10.6. The van der Waals surface area contributed by atoms with Crippen LogP contribution in [0.5, 0.6) is 0 Å². The highest BCUT2D eigenvalue weighted by molar-refractivity contribution is 6.34. The van der Waals surface area contributed by atoms with Crippen molar-refractivity contribution in [3.8, 4) is 0 Å². The number of primary amides is 1. The molecule has 0 aliphatic heterocycles. The van der Waals surface area contributed by atoms with E-state index >= 15 is 0 Å². The van der Waals surface area contributed by atoms with E-state index < -0.39 is 11.9 Å². The number of hydrogen-bond acceptors (Lipinski definition) is 4. The summed E-state index contributed by atoms with van der Waals surface area (Å²) >= 11 is 5.80. The van der Waals surface area contributed by atoms with Gasteiger partial charge in [0.05, 0.1) is 22.8 Å². The second kappa shape index (κ2) is 4.71. The van der Waals surface area contributed by atoms with E-state index in [4.69, 9.17) is 28.2 Å². The molecule has 1 aromatic rings. The van der Waals surface area contributed by atoms with Crippen LogP contribution in [0.25, 0.3) is 0 Å². The highest BCUT2D eigenvalue weighted by Gasteiger charge is 2.14. The largest absolute Gasteiger partial charge is 0.478 e. The van der Waals surface area contributed by atoms with Crippen molar-refractivity contribution >= 4 is 34.9 Å². The standard InChI is InChI=1S/C9H10ClN3O3/c10-6-2-4(11)1-5(9(15)16)8(6)13-3-7(12)14/h1-2,13H,3,11H2,(H2,12,14)(H,15,16). The molecule has 6 nitrogen and oxygen atoms in total. The minimum absolute atomic E-state index is 0.105. The molecular weight excluding hydrogens is 234 g/mol. The van der Waals surface area contributed by atoms with Crippen molar-refractivity contribution < 1.29 is 14.7 Å². The second-order valence-corrected chi connectivity index (χ2v) is 3.46. The maximum Gasteiger partial charge on any atom is 0.337 e. The average Bonchev–Trinajstić information content (AvgIpc) is 2.14. The first kappa shape index (κ1) is 12.1. The monoisotopic (exact) mass is 243 g/mol. The van der Waals surface area contributed by atoms with Crippen molar-refractivity contribution in [2.45, 2.75) is 0 Å². The summed E-state index contributed by atoms with van der Waals surface area (Å²) in [6, 6.07) is 2.63. The Morgan fingerprint density at radius 3 is 2.56 bits per heavy atom. The van der Waals surface area contributed by atoms with Crippen LogP contribution in [-0.2, 0) is 4.79 Å². The molecule has 0 fully saturated rings. The van der Waals surface area contributed by atoms with E-state index in [2.05, 4.69) is 5.32 Å². The molecule has 0 heterocycles. The van der Waals surface area contributed by atoms with Gasteiger partial charge in [0.1, 0.15) is 0 Å². The zero-order chi connectivity index (χ0) is 12.3. The van der Waals surface area contributed by atoms with Gasteiger partial charge in [0.15, 0.2) is 0 Å². The van der Waals surface area contributed by atoms with Crippen LogP contribution in [0, 0.1) is 0 Å². The average molecular weight is 244 g/mol. The van der Waals surface area contributed by atoms with Gasteiger partial charge in [-0.25, -0.2) is 4.79 Å². The van der Waals surface area contributed by atoms with E-state index in [1.165, 1.54) is 12.1 Å². The van der Waals surface area contributed by atoms with E-state index in [0.717, 1.165) is 0 Å². The van der Waals surface area contributed by atoms with Gasteiger partial charge in [-0.05, 0) is 12.1 Å². The fourth-order valence-corrected chi connectivity index (χ4v) is 1.45. The number of carbonyl (C=O) groups excluding carboxylic acids is 1. The number of aromatic carboxylic acids is 1. The van der Waals surface area contributed by atoms with Gasteiger partial charge in [0.2, 0.25) is 5.91 Å². The van der Waals surface area contributed by atoms with E-state index in [9.17, 15) is 9.59 Å². The highest BCUT2D eigenvalue weighted by Crippen LogP contribution is 2.29. The summed E-state index contributed by atoms with van der Waals surface area (Å²) in [4.78, 5) is 21.5. The van der Waals surface area contributed by atoms with Crippen LogP contribution in [0.2, 0.25) is 5.02 Å². The Bertz CT molecular complexity index is 448. The van der Waals surface area contributed by atoms with Crippen LogP contribution in [0.3, 0.4) is 0 Å². The number of benzene rings is 1. The predicted octanol–water partition coefficient (Wildman–Crippen LogP) is 0.518. The summed E-state index contributed by atoms with van der Waals surface area (Å²) < 4.78 is 0. The summed E-state index contributed by atoms with van der Waals surface area (Å²) in [6.45, 7) is -0.204. The van der Waals surface area contributed by atoms with Crippen LogP contribution >= 0.6 is 11.6 Å². The molecule has 0 saturated heterocycles. The molecule has 6 N–H and O–H groups in total. The number of carboxylic acid groups (broad SMARTS) is 1. The molecule has 0 radical (unpaired) electrons. The van der Waals surface area contributed by atoms with Gasteiger partial charge in [-0.3, -0.25) is 4.79 Å². The topological polar surface area (TPSA) is 118 Å². The third-order valence-corrected chi connectivity index (χ3v) is 2.08. The van der Waals surface area contributed by atoms with E-state index in [1.54, 1.807) is 0 Å². The summed E-state index contributed by atoms with van der Waals surface area (Å²) in [6.07, 6.45) is 0. The Morgan fingerprint density at radius 2 is 2.06 bits per heavy atom. The number of carboxylic acids is 1. The normalized spacial score (nSPS) is 9.81. The summed E-state index contributed by atoms with van der Waals surface area (Å²) in [7, 11) is 0. The van der Waals surface area contributed by atoms with Crippen LogP contribution in [0.1, 0.15) is 10.4 Å². The van der Waals surface area contributed by atoms with Gasteiger partial charge in [-0.2, -0.15) is 0 Å². The number of halogens is 1. The Morgan fingerprint density at radius 1 is 1.44 bits per heavy atom. The number of nitrogen functional groups attached to an aromatic ring is 1.